The molecule has 0 bridgehead atoms. The van der Waals surface area contributed by atoms with Crippen LogP contribution in [0.15, 0.2) is 54.1 Å². The van der Waals surface area contributed by atoms with Crippen LogP contribution >= 0.6 is 0 Å². The number of aliphatic hydroxyl groups is 1. The number of likely N-dealkylation sites (tertiary alicyclic amines) is 1. The van der Waals surface area contributed by atoms with E-state index in [0.717, 1.165) is 49.0 Å². The van der Waals surface area contributed by atoms with Crippen molar-refractivity contribution in [1.82, 2.24) is 4.90 Å². The number of ketones is 1. The second kappa shape index (κ2) is 8.96. The molecule has 2 aliphatic rings. The van der Waals surface area contributed by atoms with Gasteiger partial charge in [-0.15, -0.1) is 0 Å². The summed E-state index contributed by atoms with van der Waals surface area (Å²) in [7, 11) is 0. The maximum atomic E-state index is 13.1. The molecule has 1 aliphatic heterocycles. The first kappa shape index (κ1) is 21.2. The number of benzene rings is 2. The van der Waals surface area contributed by atoms with Crippen molar-refractivity contribution in [3.8, 4) is 5.75 Å². The topological polar surface area (TPSA) is 66.8 Å². The number of aryl methyl sites for hydroxylation is 1. The van der Waals surface area contributed by atoms with Gasteiger partial charge in [-0.3, -0.25) is 9.59 Å². The molecule has 0 aromatic heterocycles. The number of carbonyl (C=O) groups is 2. The SMILES string of the molecule is CCCOc1ccc(/C(O)=C2/C(=O)C(=O)N(C3CCCC3)C2c2ccccc2)cc1C. The molecule has 1 saturated heterocycles. The zero-order valence-electron chi connectivity index (χ0n) is 18.1. The Kier molecular flexibility index (Phi) is 6.12. The van der Waals surface area contributed by atoms with Crippen molar-refractivity contribution in [2.45, 2.75) is 58.0 Å². The molecule has 162 valence electrons. The van der Waals surface area contributed by atoms with Gasteiger partial charge < -0.3 is 14.7 Å². The Labute approximate surface area is 183 Å². The third-order valence-electron chi connectivity index (χ3n) is 6.22. The number of hydrogen-bond acceptors (Lipinski definition) is 4. The summed E-state index contributed by atoms with van der Waals surface area (Å²) in [6.45, 7) is 4.57. The van der Waals surface area contributed by atoms with E-state index < -0.39 is 17.7 Å². The minimum absolute atomic E-state index is 0.0264. The largest absolute Gasteiger partial charge is 0.507 e. The molecule has 1 aliphatic carbocycles. The molecule has 1 amide bonds. The van der Waals surface area contributed by atoms with Crippen LogP contribution in [-0.4, -0.2) is 34.3 Å². The van der Waals surface area contributed by atoms with Gasteiger partial charge in [0.1, 0.15) is 11.5 Å². The number of Topliss-reactive ketones (excluding diaryl/α,β-unsaturated/α-hetero) is 1. The van der Waals surface area contributed by atoms with E-state index >= 15 is 0 Å². The van der Waals surface area contributed by atoms with Crippen molar-refractivity contribution in [3.63, 3.8) is 0 Å². The monoisotopic (exact) mass is 419 g/mol. The van der Waals surface area contributed by atoms with Crippen LogP contribution in [0.2, 0.25) is 0 Å². The third-order valence-corrected chi connectivity index (χ3v) is 6.22. The number of rotatable bonds is 6. The third kappa shape index (κ3) is 3.97. The van der Waals surface area contributed by atoms with Gasteiger partial charge in [0.25, 0.3) is 11.7 Å². The Balaban J connectivity index is 1.80. The van der Waals surface area contributed by atoms with Gasteiger partial charge >= 0.3 is 0 Å². The van der Waals surface area contributed by atoms with Crippen LogP contribution in [0.5, 0.6) is 5.75 Å². The summed E-state index contributed by atoms with van der Waals surface area (Å²) in [6.07, 6.45) is 4.78. The van der Waals surface area contributed by atoms with Gasteiger partial charge in [0.15, 0.2) is 0 Å². The molecule has 31 heavy (non-hydrogen) atoms. The number of nitrogens with zero attached hydrogens (tertiary/aromatic N) is 1. The Hall–Kier alpha value is -3.08. The molecule has 5 nitrogen and oxygen atoms in total. The standard InChI is InChI=1S/C26H29NO4/c1-3-15-31-21-14-13-19(16-17(21)2)24(28)22-23(18-9-5-4-6-10-18)27(26(30)25(22)29)20-11-7-8-12-20/h4-6,9-10,13-14,16,20,23,28H,3,7-8,11-12,15H2,1-2H3/b24-22-. The van der Waals surface area contributed by atoms with E-state index in [1.165, 1.54) is 0 Å². The summed E-state index contributed by atoms with van der Waals surface area (Å²) in [4.78, 5) is 27.9. The van der Waals surface area contributed by atoms with Crippen molar-refractivity contribution in [2.75, 3.05) is 6.61 Å². The quantitative estimate of drug-likeness (QED) is 0.400. The number of ether oxygens (including phenoxy) is 1. The van der Waals surface area contributed by atoms with E-state index in [-0.39, 0.29) is 17.4 Å². The van der Waals surface area contributed by atoms with Gasteiger partial charge in [0.2, 0.25) is 0 Å². The van der Waals surface area contributed by atoms with Gasteiger partial charge in [-0.1, -0.05) is 50.1 Å². The summed E-state index contributed by atoms with van der Waals surface area (Å²) < 4.78 is 5.73. The highest BCUT2D eigenvalue weighted by Gasteiger charge is 2.49. The summed E-state index contributed by atoms with van der Waals surface area (Å²) in [5.41, 5.74) is 2.41. The molecule has 2 aromatic rings. The lowest BCUT2D eigenvalue weighted by atomic mass is 9.94. The molecule has 1 heterocycles. The predicted octanol–water partition coefficient (Wildman–Crippen LogP) is 5.15. The lowest BCUT2D eigenvalue weighted by molar-refractivity contribution is -0.141. The fraction of sp³-hybridized carbons (Fsp3) is 0.385. The van der Waals surface area contributed by atoms with Gasteiger partial charge in [-0.25, -0.2) is 0 Å². The number of aliphatic hydroxyl groups excluding tert-OH is 1. The van der Waals surface area contributed by atoms with E-state index in [1.54, 1.807) is 11.0 Å². The number of amides is 1. The average molecular weight is 420 g/mol. The van der Waals surface area contributed by atoms with E-state index in [4.69, 9.17) is 4.74 Å². The molecule has 1 unspecified atom stereocenters. The Morgan fingerprint density at radius 1 is 1.10 bits per heavy atom. The Morgan fingerprint density at radius 2 is 1.81 bits per heavy atom. The number of carbonyl (C=O) groups excluding carboxylic acids is 2. The van der Waals surface area contributed by atoms with Crippen molar-refractivity contribution >= 4 is 17.4 Å². The van der Waals surface area contributed by atoms with E-state index in [1.807, 2.05) is 56.3 Å². The highest BCUT2D eigenvalue weighted by Crippen LogP contribution is 2.43. The van der Waals surface area contributed by atoms with Crippen molar-refractivity contribution < 1.29 is 19.4 Å². The highest BCUT2D eigenvalue weighted by atomic mass is 16.5. The van der Waals surface area contributed by atoms with Crippen LogP contribution in [0.1, 0.15) is 61.8 Å². The average Bonchev–Trinajstić information content (AvgIpc) is 3.40. The van der Waals surface area contributed by atoms with Crippen molar-refractivity contribution in [1.29, 1.82) is 0 Å². The van der Waals surface area contributed by atoms with Crippen LogP contribution in [0.3, 0.4) is 0 Å². The zero-order chi connectivity index (χ0) is 22.0. The predicted molar refractivity (Wildman–Crippen MR) is 120 cm³/mol. The van der Waals surface area contributed by atoms with Crippen LogP contribution in [0.25, 0.3) is 5.76 Å². The van der Waals surface area contributed by atoms with Gasteiger partial charge in [0, 0.05) is 11.6 Å². The maximum absolute atomic E-state index is 13.1. The molecular weight excluding hydrogens is 390 g/mol. The second-order valence-electron chi connectivity index (χ2n) is 8.38. The zero-order valence-corrected chi connectivity index (χ0v) is 18.1. The van der Waals surface area contributed by atoms with Gasteiger partial charge in [-0.2, -0.15) is 0 Å². The van der Waals surface area contributed by atoms with Crippen molar-refractivity contribution in [2.24, 2.45) is 0 Å². The molecule has 0 radical (unpaired) electrons. The van der Waals surface area contributed by atoms with E-state index in [0.29, 0.717) is 12.2 Å². The first-order chi connectivity index (χ1) is 15.0. The molecule has 1 N–H and O–H groups in total. The molecule has 5 heteroatoms. The highest BCUT2D eigenvalue weighted by molar-refractivity contribution is 6.46. The minimum atomic E-state index is -0.609. The number of hydrogen-bond donors (Lipinski definition) is 1. The van der Waals surface area contributed by atoms with Gasteiger partial charge in [0.05, 0.1) is 18.2 Å². The smallest absolute Gasteiger partial charge is 0.295 e. The molecule has 0 spiro atoms. The van der Waals surface area contributed by atoms with Crippen molar-refractivity contribution in [3.05, 3.63) is 70.8 Å². The van der Waals surface area contributed by atoms with Crippen LogP contribution < -0.4 is 4.74 Å². The first-order valence-electron chi connectivity index (χ1n) is 11.1. The molecule has 1 atom stereocenters. The summed E-state index contributed by atoms with van der Waals surface area (Å²) in [5, 5.41) is 11.2. The minimum Gasteiger partial charge on any atom is -0.507 e. The van der Waals surface area contributed by atoms with Crippen LogP contribution in [0, 0.1) is 6.92 Å². The first-order valence-corrected chi connectivity index (χ1v) is 11.1. The van der Waals surface area contributed by atoms with E-state index in [9.17, 15) is 14.7 Å². The molecule has 2 fully saturated rings. The molecule has 1 saturated carbocycles. The van der Waals surface area contributed by atoms with Gasteiger partial charge in [-0.05, 0) is 55.5 Å². The van der Waals surface area contributed by atoms with E-state index in [2.05, 4.69) is 0 Å². The summed E-state index contributed by atoms with van der Waals surface area (Å²) in [5.74, 6) is -0.494. The molecular formula is C26H29NO4. The van der Waals surface area contributed by atoms with Crippen LogP contribution in [0.4, 0.5) is 0 Å². The molecule has 4 rings (SSSR count). The lowest BCUT2D eigenvalue weighted by Crippen LogP contribution is -2.37. The molecule has 2 aromatic carbocycles. The summed E-state index contributed by atoms with van der Waals surface area (Å²) in [6, 6.07) is 14.4. The summed E-state index contributed by atoms with van der Waals surface area (Å²) >= 11 is 0. The Morgan fingerprint density at radius 3 is 2.45 bits per heavy atom. The second-order valence-corrected chi connectivity index (χ2v) is 8.38. The maximum Gasteiger partial charge on any atom is 0.295 e. The fourth-order valence-electron chi connectivity index (χ4n) is 4.70. The fourth-order valence-corrected chi connectivity index (χ4v) is 4.70. The normalized spacial score (nSPS) is 21.1. The lowest BCUT2D eigenvalue weighted by Gasteiger charge is -2.30. The Bertz CT molecular complexity index is 1010. The van der Waals surface area contributed by atoms with Crippen LogP contribution in [-0.2, 0) is 9.59 Å².